The van der Waals surface area contributed by atoms with Gasteiger partial charge < -0.3 is 20.1 Å². The molecule has 0 atom stereocenters. The fourth-order valence-corrected chi connectivity index (χ4v) is 2.43. The van der Waals surface area contributed by atoms with Gasteiger partial charge in [0, 0.05) is 18.2 Å². The molecule has 0 saturated heterocycles. The zero-order chi connectivity index (χ0) is 20.7. The SMILES string of the molecule is COc1cc(C(=O)Nc2cc(NC(C)=O)ccc2F)ccc1OCCC(C)C. The van der Waals surface area contributed by atoms with Crippen LogP contribution in [0.25, 0.3) is 0 Å². The number of rotatable bonds is 8. The molecule has 2 amide bonds. The van der Waals surface area contributed by atoms with Crippen LogP contribution in [0.2, 0.25) is 0 Å². The Morgan fingerprint density at radius 3 is 2.46 bits per heavy atom. The molecule has 0 fully saturated rings. The number of nitrogens with one attached hydrogen (secondary N) is 2. The van der Waals surface area contributed by atoms with E-state index in [2.05, 4.69) is 24.5 Å². The molecule has 0 bridgehead atoms. The van der Waals surface area contributed by atoms with Gasteiger partial charge in [0.1, 0.15) is 5.82 Å². The minimum Gasteiger partial charge on any atom is -0.493 e. The molecule has 150 valence electrons. The molecule has 28 heavy (non-hydrogen) atoms. The van der Waals surface area contributed by atoms with E-state index in [-0.39, 0.29) is 17.2 Å². The van der Waals surface area contributed by atoms with Crippen LogP contribution in [0.3, 0.4) is 0 Å². The number of halogens is 1. The Hall–Kier alpha value is -3.09. The van der Waals surface area contributed by atoms with Crippen LogP contribution < -0.4 is 20.1 Å². The normalized spacial score (nSPS) is 10.5. The third-order valence-electron chi connectivity index (χ3n) is 3.91. The first-order valence-electron chi connectivity index (χ1n) is 8.99. The number of hydrogen-bond acceptors (Lipinski definition) is 4. The maximum atomic E-state index is 14.0. The highest BCUT2D eigenvalue weighted by Gasteiger charge is 2.14. The van der Waals surface area contributed by atoms with E-state index in [1.807, 2.05) is 0 Å². The molecule has 7 heteroatoms. The molecule has 0 radical (unpaired) electrons. The van der Waals surface area contributed by atoms with E-state index in [1.54, 1.807) is 12.1 Å². The lowest BCUT2D eigenvalue weighted by Crippen LogP contribution is -2.14. The topological polar surface area (TPSA) is 76.7 Å². The van der Waals surface area contributed by atoms with Crippen molar-refractivity contribution in [2.45, 2.75) is 27.2 Å². The predicted octanol–water partition coefficient (Wildman–Crippen LogP) is 4.47. The molecule has 0 aliphatic rings. The first kappa shape index (κ1) is 21.2. The number of hydrogen-bond donors (Lipinski definition) is 2. The zero-order valence-electron chi connectivity index (χ0n) is 16.5. The van der Waals surface area contributed by atoms with Gasteiger partial charge in [-0.1, -0.05) is 13.8 Å². The van der Waals surface area contributed by atoms with E-state index >= 15 is 0 Å². The van der Waals surface area contributed by atoms with Gasteiger partial charge in [0.25, 0.3) is 5.91 Å². The molecule has 0 spiro atoms. The molecular weight excluding hydrogens is 363 g/mol. The maximum absolute atomic E-state index is 14.0. The van der Waals surface area contributed by atoms with Crippen molar-refractivity contribution in [1.82, 2.24) is 0 Å². The van der Waals surface area contributed by atoms with Crippen LogP contribution in [0.5, 0.6) is 11.5 Å². The van der Waals surface area contributed by atoms with Gasteiger partial charge in [0.2, 0.25) is 5.91 Å². The van der Waals surface area contributed by atoms with Crippen molar-refractivity contribution in [3.8, 4) is 11.5 Å². The highest BCUT2D eigenvalue weighted by Crippen LogP contribution is 2.29. The summed E-state index contributed by atoms with van der Waals surface area (Å²) in [6.07, 6.45) is 0.898. The first-order valence-corrected chi connectivity index (χ1v) is 8.99. The zero-order valence-corrected chi connectivity index (χ0v) is 16.5. The number of methoxy groups -OCH3 is 1. The molecule has 0 aliphatic heterocycles. The third kappa shape index (κ3) is 5.97. The van der Waals surface area contributed by atoms with Crippen molar-refractivity contribution in [2.75, 3.05) is 24.4 Å². The molecule has 0 aliphatic carbocycles. The van der Waals surface area contributed by atoms with Crippen LogP contribution in [0.4, 0.5) is 15.8 Å². The molecule has 6 nitrogen and oxygen atoms in total. The van der Waals surface area contributed by atoms with Crippen molar-refractivity contribution in [3.05, 3.63) is 47.8 Å². The average Bonchev–Trinajstić information content (AvgIpc) is 2.63. The Bertz CT molecular complexity index is 852. The molecule has 0 unspecified atom stereocenters. The lowest BCUT2D eigenvalue weighted by molar-refractivity contribution is -0.114. The quantitative estimate of drug-likeness (QED) is 0.700. The van der Waals surface area contributed by atoms with Crippen molar-refractivity contribution in [1.29, 1.82) is 0 Å². The van der Waals surface area contributed by atoms with Gasteiger partial charge in [-0.15, -0.1) is 0 Å². The number of carbonyl (C=O) groups excluding carboxylic acids is 2. The number of ether oxygens (including phenoxy) is 2. The van der Waals surface area contributed by atoms with E-state index in [9.17, 15) is 14.0 Å². The van der Waals surface area contributed by atoms with Gasteiger partial charge in [0.05, 0.1) is 19.4 Å². The summed E-state index contributed by atoms with van der Waals surface area (Å²) in [6, 6.07) is 8.72. The van der Waals surface area contributed by atoms with Crippen LogP contribution in [0.15, 0.2) is 36.4 Å². The Kier molecular flexibility index (Phi) is 7.37. The second-order valence-electron chi connectivity index (χ2n) is 6.73. The molecule has 0 heterocycles. The van der Waals surface area contributed by atoms with Crippen molar-refractivity contribution in [3.63, 3.8) is 0 Å². The molecule has 0 aromatic heterocycles. The fraction of sp³-hybridized carbons (Fsp3) is 0.333. The molecule has 0 saturated carbocycles. The number of benzene rings is 2. The second-order valence-corrected chi connectivity index (χ2v) is 6.73. The predicted molar refractivity (Wildman–Crippen MR) is 107 cm³/mol. The third-order valence-corrected chi connectivity index (χ3v) is 3.91. The molecule has 2 N–H and O–H groups in total. The highest BCUT2D eigenvalue weighted by molar-refractivity contribution is 6.05. The van der Waals surface area contributed by atoms with Gasteiger partial charge in [0.15, 0.2) is 11.5 Å². The molecule has 2 aromatic rings. The lowest BCUT2D eigenvalue weighted by atomic mass is 10.1. The van der Waals surface area contributed by atoms with Gasteiger partial charge in [-0.05, 0) is 48.7 Å². The number of anilines is 2. The average molecular weight is 388 g/mol. The van der Waals surface area contributed by atoms with Crippen molar-refractivity contribution < 1.29 is 23.5 Å². The monoisotopic (exact) mass is 388 g/mol. The smallest absolute Gasteiger partial charge is 0.255 e. The Labute approximate surface area is 164 Å². The van der Waals surface area contributed by atoms with E-state index in [0.717, 1.165) is 6.42 Å². The summed E-state index contributed by atoms with van der Waals surface area (Å²) in [6.45, 7) is 6.10. The summed E-state index contributed by atoms with van der Waals surface area (Å²) in [7, 11) is 1.49. The minimum absolute atomic E-state index is 0.0347. The summed E-state index contributed by atoms with van der Waals surface area (Å²) in [4.78, 5) is 23.7. The molecule has 2 aromatic carbocycles. The van der Waals surface area contributed by atoms with Crippen LogP contribution in [0.1, 0.15) is 37.6 Å². The first-order chi connectivity index (χ1) is 13.3. The van der Waals surface area contributed by atoms with Gasteiger partial charge in [-0.25, -0.2) is 4.39 Å². The van der Waals surface area contributed by atoms with Crippen molar-refractivity contribution >= 4 is 23.2 Å². The highest BCUT2D eigenvalue weighted by atomic mass is 19.1. The van der Waals surface area contributed by atoms with Crippen LogP contribution in [0, 0.1) is 11.7 Å². The Morgan fingerprint density at radius 2 is 1.82 bits per heavy atom. The van der Waals surface area contributed by atoms with Gasteiger partial charge in [-0.3, -0.25) is 9.59 Å². The second kappa shape index (κ2) is 9.73. The summed E-state index contributed by atoms with van der Waals surface area (Å²) in [5.74, 6) is 0.0669. The van der Waals surface area contributed by atoms with E-state index in [1.165, 1.54) is 38.3 Å². The van der Waals surface area contributed by atoms with Crippen molar-refractivity contribution in [2.24, 2.45) is 5.92 Å². The minimum atomic E-state index is -0.608. The van der Waals surface area contributed by atoms with E-state index in [4.69, 9.17) is 9.47 Å². The Morgan fingerprint density at radius 1 is 1.07 bits per heavy atom. The van der Waals surface area contributed by atoms with Crippen LogP contribution >= 0.6 is 0 Å². The largest absolute Gasteiger partial charge is 0.493 e. The van der Waals surface area contributed by atoms with Gasteiger partial charge >= 0.3 is 0 Å². The molecule has 2 rings (SSSR count). The van der Waals surface area contributed by atoms with E-state index in [0.29, 0.717) is 29.7 Å². The lowest BCUT2D eigenvalue weighted by Gasteiger charge is -2.13. The standard InChI is InChI=1S/C21H25FN2O4/c1-13(2)9-10-28-19-8-5-15(11-20(19)27-4)21(26)24-18-12-16(23-14(3)25)6-7-17(18)22/h5-8,11-13H,9-10H2,1-4H3,(H,23,25)(H,24,26). The summed E-state index contributed by atoms with van der Waals surface area (Å²) in [5.41, 5.74) is 0.639. The Balaban J connectivity index is 2.15. The van der Waals surface area contributed by atoms with Crippen LogP contribution in [-0.4, -0.2) is 25.5 Å². The summed E-state index contributed by atoms with van der Waals surface area (Å²) in [5, 5.41) is 5.05. The molecular formula is C21H25FN2O4. The van der Waals surface area contributed by atoms with Crippen LogP contribution in [-0.2, 0) is 4.79 Å². The fourth-order valence-electron chi connectivity index (χ4n) is 2.43. The number of amides is 2. The van der Waals surface area contributed by atoms with Gasteiger partial charge in [-0.2, -0.15) is 0 Å². The summed E-state index contributed by atoms with van der Waals surface area (Å²) < 4.78 is 25.0. The van der Waals surface area contributed by atoms with E-state index < -0.39 is 11.7 Å². The summed E-state index contributed by atoms with van der Waals surface area (Å²) >= 11 is 0. The number of carbonyl (C=O) groups is 2. The maximum Gasteiger partial charge on any atom is 0.255 e.